The lowest BCUT2D eigenvalue weighted by atomic mass is 9.86. The molecule has 1 heterocycles. The van der Waals surface area contributed by atoms with Crippen molar-refractivity contribution in [3.05, 3.63) is 30.1 Å². The fraction of sp³-hybridized carbons (Fsp3) is 0.526. The van der Waals surface area contributed by atoms with Crippen molar-refractivity contribution < 1.29 is 14.3 Å². The molecule has 0 bridgehead atoms. The lowest BCUT2D eigenvalue weighted by molar-refractivity contribution is -0.119. The minimum absolute atomic E-state index is 0.000862. The smallest absolute Gasteiger partial charge is 0.230 e. The number of hydrogen-bond donors (Lipinski definition) is 2. The lowest BCUT2D eigenvalue weighted by Gasteiger charge is -2.29. The van der Waals surface area contributed by atoms with Crippen molar-refractivity contribution in [3.8, 4) is 11.5 Å². The Bertz CT molecular complexity index is 798. The third-order valence-electron chi connectivity index (χ3n) is 4.93. The van der Waals surface area contributed by atoms with E-state index in [9.17, 15) is 4.79 Å². The second-order valence-corrected chi connectivity index (χ2v) is 7.90. The molecule has 1 aliphatic carbocycles. The Morgan fingerprint density at radius 2 is 2.11 bits per heavy atom. The number of carbonyl (C=O) groups is 1. The summed E-state index contributed by atoms with van der Waals surface area (Å²) in [6.45, 7) is 2.37. The topological polar surface area (TPSA) is 104 Å². The van der Waals surface area contributed by atoms with Crippen LogP contribution in [0, 0.1) is 5.92 Å². The number of nitrogens with one attached hydrogen (secondary N) is 1. The maximum Gasteiger partial charge on any atom is 0.230 e. The van der Waals surface area contributed by atoms with Crippen LogP contribution in [0.1, 0.15) is 38.4 Å². The molecule has 1 fully saturated rings. The van der Waals surface area contributed by atoms with Crippen molar-refractivity contribution in [1.29, 1.82) is 0 Å². The summed E-state index contributed by atoms with van der Waals surface area (Å²) in [5.74, 6) is 8.68. The summed E-state index contributed by atoms with van der Waals surface area (Å²) in [6.07, 6.45) is 4.65. The van der Waals surface area contributed by atoms with E-state index in [1.54, 1.807) is 13.2 Å². The summed E-state index contributed by atoms with van der Waals surface area (Å²) in [4.78, 5) is 12.3. The number of nitrogens with zero attached hydrogens (tertiary/aromatic N) is 3. The third-order valence-corrected chi connectivity index (χ3v) is 5.88. The molecular formula is C19H27N5O3S. The fourth-order valence-corrected chi connectivity index (χ4v) is 3.94. The van der Waals surface area contributed by atoms with Crippen LogP contribution in [0.4, 0.5) is 0 Å². The molecule has 2 aromatic rings. The highest BCUT2D eigenvalue weighted by Gasteiger charge is 2.23. The highest BCUT2D eigenvalue weighted by Crippen LogP contribution is 2.24. The maximum absolute atomic E-state index is 12.3. The van der Waals surface area contributed by atoms with Gasteiger partial charge in [0.25, 0.3) is 0 Å². The van der Waals surface area contributed by atoms with Crippen LogP contribution in [0.3, 0.4) is 0 Å². The molecule has 1 saturated carbocycles. The molecular weight excluding hydrogens is 378 g/mol. The zero-order chi connectivity index (χ0) is 19.9. The van der Waals surface area contributed by atoms with E-state index in [0.29, 0.717) is 28.4 Å². The molecule has 1 aromatic carbocycles. The first-order valence-corrected chi connectivity index (χ1v) is 10.4. The predicted molar refractivity (Wildman–Crippen MR) is 108 cm³/mol. The standard InChI is InChI=1S/C19H27N5O3S/c1-13-6-3-4-9-16(13)21-18(25)12-28-19-23-22-17(24(19)20)11-27-15-8-5-7-14(10-15)26-2/h5,7-8,10,13,16H,3-4,6,9,11-12,20H2,1-2H3,(H,21,25). The average Bonchev–Trinajstić information content (AvgIpc) is 3.06. The Hall–Kier alpha value is -2.42. The Labute approximate surface area is 169 Å². The maximum atomic E-state index is 12.3. The van der Waals surface area contributed by atoms with E-state index < -0.39 is 0 Å². The van der Waals surface area contributed by atoms with Crippen molar-refractivity contribution in [1.82, 2.24) is 20.2 Å². The summed E-state index contributed by atoms with van der Waals surface area (Å²) in [5, 5.41) is 11.7. The summed E-state index contributed by atoms with van der Waals surface area (Å²) in [7, 11) is 1.60. The van der Waals surface area contributed by atoms with Crippen LogP contribution in [-0.4, -0.2) is 39.7 Å². The fourth-order valence-electron chi connectivity index (χ4n) is 3.25. The first-order valence-electron chi connectivity index (χ1n) is 9.45. The van der Waals surface area contributed by atoms with Crippen LogP contribution in [-0.2, 0) is 11.4 Å². The number of ether oxygens (including phenoxy) is 2. The molecule has 0 spiro atoms. The van der Waals surface area contributed by atoms with E-state index in [4.69, 9.17) is 15.3 Å². The van der Waals surface area contributed by atoms with Crippen LogP contribution in [0.5, 0.6) is 11.5 Å². The van der Waals surface area contributed by atoms with Gasteiger partial charge in [-0.2, -0.15) is 0 Å². The normalized spacial score (nSPS) is 19.2. The van der Waals surface area contributed by atoms with Gasteiger partial charge in [0.1, 0.15) is 18.1 Å². The molecule has 2 atom stereocenters. The molecule has 0 aliphatic heterocycles. The van der Waals surface area contributed by atoms with Gasteiger partial charge in [0.15, 0.2) is 5.82 Å². The van der Waals surface area contributed by atoms with E-state index in [1.807, 2.05) is 18.2 Å². The number of hydrogen-bond acceptors (Lipinski definition) is 7. The minimum atomic E-state index is 0.000862. The van der Waals surface area contributed by atoms with Crippen LogP contribution in [0.2, 0.25) is 0 Å². The second kappa shape index (κ2) is 9.68. The van der Waals surface area contributed by atoms with E-state index in [-0.39, 0.29) is 24.3 Å². The molecule has 8 nitrogen and oxygen atoms in total. The van der Waals surface area contributed by atoms with E-state index >= 15 is 0 Å². The van der Waals surface area contributed by atoms with Gasteiger partial charge in [0, 0.05) is 12.1 Å². The Morgan fingerprint density at radius 3 is 2.89 bits per heavy atom. The molecule has 1 aromatic heterocycles. The van der Waals surface area contributed by atoms with Gasteiger partial charge in [0.2, 0.25) is 11.1 Å². The van der Waals surface area contributed by atoms with Gasteiger partial charge >= 0.3 is 0 Å². The Balaban J connectivity index is 1.49. The molecule has 9 heteroatoms. The molecule has 3 N–H and O–H groups in total. The molecule has 152 valence electrons. The Kier molecular flexibility index (Phi) is 7.02. The average molecular weight is 406 g/mol. The highest BCUT2D eigenvalue weighted by molar-refractivity contribution is 7.99. The number of nitrogen functional groups attached to an aromatic ring is 1. The van der Waals surface area contributed by atoms with Crippen molar-refractivity contribution in [2.45, 2.75) is 50.4 Å². The molecule has 1 amide bonds. The van der Waals surface area contributed by atoms with Gasteiger partial charge in [-0.05, 0) is 30.9 Å². The molecule has 2 unspecified atom stereocenters. The number of benzene rings is 1. The van der Waals surface area contributed by atoms with E-state index in [0.717, 1.165) is 6.42 Å². The number of carbonyl (C=O) groups excluding carboxylic acids is 1. The van der Waals surface area contributed by atoms with Gasteiger partial charge in [-0.15, -0.1) is 10.2 Å². The van der Waals surface area contributed by atoms with Gasteiger partial charge in [0.05, 0.1) is 12.9 Å². The van der Waals surface area contributed by atoms with Gasteiger partial charge in [-0.25, -0.2) is 4.68 Å². The third kappa shape index (κ3) is 5.31. The molecule has 0 radical (unpaired) electrons. The van der Waals surface area contributed by atoms with Crippen molar-refractivity contribution >= 4 is 17.7 Å². The van der Waals surface area contributed by atoms with Gasteiger partial charge in [-0.3, -0.25) is 4.79 Å². The zero-order valence-corrected chi connectivity index (χ0v) is 17.1. The van der Waals surface area contributed by atoms with E-state index in [2.05, 4.69) is 22.4 Å². The summed E-state index contributed by atoms with van der Waals surface area (Å²) < 4.78 is 12.2. The van der Waals surface area contributed by atoms with Gasteiger partial charge in [-0.1, -0.05) is 37.6 Å². The molecule has 28 heavy (non-hydrogen) atoms. The summed E-state index contributed by atoms with van der Waals surface area (Å²) >= 11 is 1.27. The number of rotatable bonds is 8. The quantitative estimate of drug-likeness (QED) is 0.513. The van der Waals surface area contributed by atoms with E-state index in [1.165, 1.54) is 35.7 Å². The molecule has 1 aliphatic rings. The number of aromatic nitrogens is 3. The summed E-state index contributed by atoms with van der Waals surface area (Å²) in [6, 6.07) is 7.56. The van der Waals surface area contributed by atoms with Crippen molar-refractivity contribution in [2.24, 2.45) is 5.92 Å². The second-order valence-electron chi connectivity index (χ2n) is 6.96. The van der Waals surface area contributed by atoms with Crippen LogP contribution in [0.25, 0.3) is 0 Å². The first-order chi connectivity index (χ1) is 13.6. The van der Waals surface area contributed by atoms with Crippen molar-refractivity contribution in [3.63, 3.8) is 0 Å². The number of thioether (sulfide) groups is 1. The highest BCUT2D eigenvalue weighted by atomic mass is 32.2. The number of nitrogens with two attached hydrogens (primary N) is 1. The minimum Gasteiger partial charge on any atom is -0.497 e. The Morgan fingerprint density at radius 1 is 1.32 bits per heavy atom. The largest absolute Gasteiger partial charge is 0.497 e. The zero-order valence-electron chi connectivity index (χ0n) is 16.3. The first kappa shape index (κ1) is 20.3. The predicted octanol–water partition coefficient (Wildman–Crippen LogP) is 2.37. The van der Waals surface area contributed by atoms with Gasteiger partial charge < -0.3 is 20.6 Å². The molecule has 3 rings (SSSR count). The lowest BCUT2D eigenvalue weighted by Crippen LogP contribution is -2.41. The monoisotopic (exact) mass is 405 g/mol. The number of methoxy groups -OCH3 is 1. The summed E-state index contributed by atoms with van der Waals surface area (Å²) in [5.41, 5.74) is 0. The van der Waals surface area contributed by atoms with Crippen LogP contribution >= 0.6 is 11.8 Å². The van der Waals surface area contributed by atoms with Crippen LogP contribution in [0.15, 0.2) is 29.4 Å². The van der Waals surface area contributed by atoms with Crippen molar-refractivity contribution in [2.75, 3.05) is 18.7 Å². The SMILES string of the molecule is COc1cccc(OCc2nnc(SCC(=O)NC3CCCCC3C)n2N)c1. The molecule has 0 saturated heterocycles. The number of amides is 1. The van der Waals surface area contributed by atoms with Crippen LogP contribution < -0.4 is 20.6 Å².